The zero-order valence-corrected chi connectivity index (χ0v) is 13.2. The summed E-state index contributed by atoms with van der Waals surface area (Å²) in [6, 6.07) is 0.519. The van der Waals surface area contributed by atoms with Crippen molar-refractivity contribution in [1.29, 1.82) is 0 Å². The molecule has 0 aromatic rings. The number of rotatable bonds is 2. The third-order valence-corrected chi connectivity index (χ3v) is 5.72. The molecule has 0 aromatic carbocycles. The van der Waals surface area contributed by atoms with Crippen LogP contribution in [0.25, 0.3) is 0 Å². The monoisotopic (exact) mass is 293 g/mol. The van der Waals surface area contributed by atoms with Crippen LogP contribution in [0, 0.1) is 11.3 Å². The Morgan fingerprint density at radius 1 is 1.29 bits per heavy atom. The first-order valence-corrected chi connectivity index (χ1v) is 8.30. The molecule has 1 saturated carbocycles. The molecule has 3 aliphatic rings. The van der Waals surface area contributed by atoms with Gasteiger partial charge < -0.3 is 15.5 Å². The molecule has 2 aliphatic heterocycles. The van der Waals surface area contributed by atoms with Crippen molar-refractivity contribution in [3.05, 3.63) is 0 Å². The Bertz CT molecular complexity index is 425. The van der Waals surface area contributed by atoms with Crippen LogP contribution in [-0.2, 0) is 9.59 Å². The van der Waals surface area contributed by atoms with E-state index in [1.807, 2.05) is 11.8 Å². The number of nitrogens with zero attached hydrogens (tertiary/aromatic N) is 1. The highest BCUT2D eigenvalue weighted by molar-refractivity contribution is 5.86. The lowest BCUT2D eigenvalue weighted by Gasteiger charge is -2.25. The van der Waals surface area contributed by atoms with Gasteiger partial charge in [0.25, 0.3) is 0 Å². The number of fused-ring (bicyclic) bond motifs is 1. The number of carbonyl (C=O) groups is 2. The van der Waals surface area contributed by atoms with Crippen molar-refractivity contribution in [3.8, 4) is 0 Å². The Morgan fingerprint density at radius 3 is 2.76 bits per heavy atom. The van der Waals surface area contributed by atoms with Gasteiger partial charge in [-0.3, -0.25) is 9.59 Å². The summed E-state index contributed by atoms with van der Waals surface area (Å²) in [5, 5.41) is 6.27. The minimum absolute atomic E-state index is 0.0230. The average Bonchev–Trinajstić information content (AvgIpc) is 3.10. The molecular weight excluding hydrogens is 266 g/mol. The third kappa shape index (κ3) is 2.68. The lowest BCUT2D eigenvalue weighted by atomic mass is 9.85. The maximum absolute atomic E-state index is 12.7. The second-order valence-electron chi connectivity index (χ2n) is 7.26. The molecule has 4 unspecified atom stereocenters. The van der Waals surface area contributed by atoms with Gasteiger partial charge in [-0.25, -0.2) is 0 Å². The standard InChI is InChI=1S/C16H27N3O2/c1-16(15(21)17-2)7-8-19(10-16)14(20)13-9-11-5-3-4-6-12(11)18-13/h11-13,18H,3-10H2,1-2H3,(H,17,21). The van der Waals surface area contributed by atoms with Crippen LogP contribution in [0.1, 0.15) is 45.4 Å². The molecule has 0 spiro atoms. The molecule has 4 atom stereocenters. The lowest BCUT2D eigenvalue weighted by molar-refractivity contribution is -0.134. The minimum atomic E-state index is -0.421. The van der Waals surface area contributed by atoms with E-state index in [4.69, 9.17) is 0 Å². The van der Waals surface area contributed by atoms with E-state index >= 15 is 0 Å². The molecule has 0 aromatic heterocycles. The van der Waals surface area contributed by atoms with Crippen LogP contribution in [0.3, 0.4) is 0 Å². The minimum Gasteiger partial charge on any atom is -0.359 e. The third-order valence-electron chi connectivity index (χ3n) is 5.72. The summed E-state index contributed by atoms with van der Waals surface area (Å²) in [7, 11) is 1.67. The smallest absolute Gasteiger partial charge is 0.239 e. The van der Waals surface area contributed by atoms with Gasteiger partial charge >= 0.3 is 0 Å². The predicted molar refractivity (Wildman–Crippen MR) is 80.7 cm³/mol. The molecule has 2 saturated heterocycles. The van der Waals surface area contributed by atoms with Gasteiger partial charge in [0.1, 0.15) is 0 Å². The molecule has 5 nitrogen and oxygen atoms in total. The average molecular weight is 293 g/mol. The summed E-state index contributed by atoms with van der Waals surface area (Å²) in [5.41, 5.74) is -0.421. The van der Waals surface area contributed by atoms with Gasteiger partial charge in [-0.05, 0) is 38.5 Å². The summed E-state index contributed by atoms with van der Waals surface area (Å²) in [6.45, 7) is 3.22. The maximum atomic E-state index is 12.7. The van der Waals surface area contributed by atoms with Crippen LogP contribution in [0.2, 0.25) is 0 Å². The van der Waals surface area contributed by atoms with Crippen LogP contribution < -0.4 is 10.6 Å². The molecule has 5 heteroatoms. The number of hydrogen-bond acceptors (Lipinski definition) is 3. The van der Waals surface area contributed by atoms with Crippen molar-refractivity contribution in [1.82, 2.24) is 15.5 Å². The first-order chi connectivity index (χ1) is 10.0. The van der Waals surface area contributed by atoms with Crippen LogP contribution in [0.15, 0.2) is 0 Å². The molecule has 118 valence electrons. The van der Waals surface area contributed by atoms with Crippen molar-refractivity contribution in [3.63, 3.8) is 0 Å². The zero-order chi connectivity index (χ0) is 15.0. The van der Waals surface area contributed by atoms with Gasteiger partial charge in [0, 0.05) is 26.2 Å². The largest absolute Gasteiger partial charge is 0.359 e. The lowest BCUT2D eigenvalue weighted by Crippen LogP contribution is -2.46. The van der Waals surface area contributed by atoms with Crippen molar-refractivity contribution < 1.29 is 9.59 Å². The van der Waals surface area contributed by atoms with Crippen molar-refractivity contribution in [2.45, 2.75) is 57.5 Å². The van der Waals surface area contributed by atoms with E-state index in [-0.39, 0.29) is 17.9 Å². The predicted octanol–water partition coefficient (Wildman–Crippen LogP) is 0.892. The van der Waals surface area contributed by atoms with Crippen molar-refractivity contribution in [2.24, 2.45) is 11.3 Å². The normalized spacial score (nSPS) is 39.1. The van der Waals surface area contributed by atoms with Crippen molar-refractivity contribution in [2.75, 3.05) is 20.1 Å². The van der Waals surface area contributed by atoms with Gasteiger partial charge in [-0.2, -0.15) is 0 Å². The van der Waals surface area contributed by atoms with E-state index in [2.05, 4.69) is 10.6 Å². The number of likely N-dealkylation sites (tertiary alicyclic amines) is 1. The van der Waals surface area contributed by atoms with E-state index in [0.29, 0.717) is 25.0 Å². The number of amides is 2. The molecular formula is C16H27N3O2. The molecule has 0 radical (unpaired) electrons. The molecule has 1 aliphatic carbocycles. The highest BCUT2D eigenvalue weighted by Gasteiger charge is 2.45. The second-order valence-corrected chi connectivity index (χ2v) is 7.26. The fraction of sp³-hybridized carbons (Fsp3) is 0.875. The zero-order valence-electron chi connectivity index (χ0n) is 13.2. The molecule has 3 fully saturated rings. The number of hydrogen-bond donors (Lipinski definition) is 2. The quantitative estimate of drug-likeness (QED) is 0.795. The van der Waals surface area contributed by atoms with Gasteiger partial charge in [0.2, 0.25) is 11.8 Å². The van der Waals surface area contributed by atoms with Crippen molar-refractivity contribution >= 4 is 11.8 Å². The Labute approximate surface area is 126 Å². The molecule has 21 heavy (non-hydrogen) atoms. The highest BCUT2D eigenvalue weighted by Crippen LogP contribution is 2.35. The Morgan fingerprint density at radius 2 is 2.05 bits per heavy atom. The summed E-state index contributed by atoms with van der Waals surface area (Å²) in [6.07, 6.45) is 6.81. The molecule has 2 amide bonds. The van der Waals surface area contributed by atoms with E-state index in [0.717, 1.165) is 12.8 Å². The molecule has 2 N–H and O–H groups in total. The van der Waals surface area contributed by atoms with E-state index < -0.39 is 5.41 Å². The van der Waals surface area contributed by atoms with E-state index in [1.54, 1.807) is 7.05 Å². The van der Waals surface area contributed by atoms with Gasteiger partial charge in [0.15, 0.2) is 0 Å². The first-order valence-electron chi connectivity index (χ1n) is 8.30. The summed E-state index contributed by atoms with van der Waals surface area (Å²) < 4.78 is 0. The Balaban J connectivity index is 1.61. The Hall–Kier alpha value is -1.10. The fourth-order valence-corrected chi connectivity index (χ4v) is 4.37. The van der Waals surface area contributed by atoms with E-state index in [1.165, 1.54) is 25.7 Å². The number of carbonyl (C=O) groups excluding carboxylic acids is 2. The first kappa shape index (κ1) is 14.8. The fourth-order valence-electron chi connectivity index (χ4n) is 4.37. The van der Waals surface area contributed by atoms with Crippen LogP contribution in [0.5, 0.6) is 0 Å². The highest BCUT2D eigenvalue weighted by atomic mass is 16.2. The second kappa shape index (κ2) is 5.59. The summed E-state index contributed by atoms with van der Waals surface area (Å²) in [5.74, 6) is 0.934. The van der Waals surface area contributed by atoms with Crippen LogP contribution >= 0.6 is 0 Å². The summed E-state index contributed by atoms with van der Waals surface area (Å²) >= 11 is 0. The summed E-state index contributed by atoms with van der Waals surface area (Å²) in [4.78, 5) is 26.6. The molecule has 3 rings (SSSR count). The number of nitrogens with one attached hydrogen (secondary N) is 2. The van der Waals surface area contributed by atoms with Gasteiger partial charge in [-0.15, -0.1) is 0 Å². The van der Waals surface area contributed by atoms with Gasteiger partial charge in [0.05, 0.1) is 11.5 Å². The molecule has 2 heterocycles. The molecule has 0 bridgehead atoms. The van der Waals surface area contributed by atoms with Gasteiger partial charge in [-0.1, -0.05) is 12.8 Å². The SMILES string of the molecule is CNC(=O)C1(C)CCN(C(=O)C2CC3CCCCC3N2)C1. The maximum Gasteiger partial charge on any atom is 0.239 e. The van der Waals surface area contributed by atoms with E-state index in [9.17, 15) is 9.59 Å². The Kier molecular flexibility index (Phi) is 3.95. The van der Waals surface area contributed by atoms with Crippen LogP contribution in [0.4, 0.5) is 0 Å². The topological polar surface area (TPSA) is 61.4 Å². The van der Waals surface area contributed by atoms with Crippen LogP contribution in [-0.4, -0.2) is 48.9 Å².